The molecule has 1 heterocycles. The molecule has 0 radical (unpaired) electrons. The van der Waals surface area contributed by atoms with Crippen molar-refractivity contribution in [2.24, 2.45) is 5.92 Å². The number of piperidine rings is 1. The first kappa shape index (κ1) is 18.8. The second kappa shape index (κ2) is 8.53. The topological polar surface area (TPSA) is 69.6 Å². The Bertz CT molecular complexity index is 574. The van der Waals surface area contributed by atoms with E-state index >= 15 is 0 Å². The Morgan fingerprint density at radius 3 is 2.54 bits per heavy atom. The Morgan fingerprint density at radius 2 is 1.96 bits per heavy atom. The fourth-order valence-corrected chi connectivity index (χ4v) is 3.89. The number of aliphatic hydroxyl groups excluding tert-OH is 1. The van der Waals surface area contributed by atoms with Crippen LogP contribution in [0.15, 0.2) is 29.2 Å². The van der Waals surface area contributed by atoms with Crippen LogP contribution < -0.4 is 5.32 Å². The molecule has 1 saturated heterocycles. The Labute approximate surface area is 147 Å². The number of benzene rings is 1. The molecule has 0 aliphatic carbocycles. The molecule has 0 aromatic heterocycles. The fraction of sp³-hybridized carbons (Fsp3) is 0.556. The maximum atomic E-state index is 12.6. The Balaban J connectivity index is 1.92. The molecule has 0 bridgehead atoms. The minimum atomic E-state index is -0.370. The third-order valence-electron chi connectivity index (χ3n) is 4.29. The summed E-state index contributed by atoms with van der Waals surface area (Å²) in [5.41, 5.74) is 0.752. The maximum Gasteiger partial charge on any atom is 0.235 e. The van der Waals surface area contributed by atoms with Gasteiger partial charge in [-0.25, -0.2) is 0 Å². The van der Waals surface area contributed by atoms with E-state index in [-0.39, 0.29) is 29.1 Å². The molecule has 2 rings (SSSR count). The number of hydrogen-bond donors (Lipinski definition) is 2. The van der Waals surface area contributed by atoms with Gasteiger partial charge in [-0.3, -0.25) is 9.59 Å². The van der Waals surface area contributed by atoms with Crippen molar-refractivity contribution in [2.75, 3.05) is 18.4 Å². The van der Waals surface area contributed by atoms with E-state index in [2.05, 4.69) is 5.32 Å². The molecule has 1 aliphatic heterocycles. The summed E-state index contributed by atoms with van der Waals surface area (Å²) in [5, 5.41) is 12.3. The lowest BCUT2D eigenvalue weighted by atomic mass is 9.93. The van der Waals surface area contributed by atoms with Gasteiger partial charge in [0.1, 0.15) is 0 Å². The summed E-state index contributed by atoms with van der Waals surface area (Å²) in [6.45, 7) is 6.61. The minimum Gasteiger partial charge on any atom is -0.393 e. The van der Waals surface area contributed by atoms with E-state index in [4.69, 9.17) is 0 Å². The molecule has 2 amide bonds. The summed E-state index contributed by atoms with van der Waals surface area (Å²) < 4.78 is 0. The molecule has 3 atom stereocenters. The predicted molar refractivity (Wildman–Crippen MR) is 97.0 cm³/mol. The molecule has 132 valence electrons. The van der Waals surface area contributed by atoms with E-state index in [0.29, 0.717) is 6.54 Å². The third-order valence-corrected chi connectivity index (χ3v) is 5.39. The zero-order valence-electron chi connectivity index (χ0n) is 14.5. The number of amides is 2. The van der Waals surface area contributed by atoms with Gasteiger partial charge in [0.2, 0.25) is 11.8 Å². The van der Waals surface area contributed by atoms with Crippen LogP contribution in [0.2, 0.25) is 0 Å². The molecule has 24 heavy (non-hydrogen) atoms. The molecular formula is C18H26N2O3S. The van der Waals surface area contributed by atoms with Crippen LogP contribution in [-0.2, 0) is 9.59 Å². The molecule has 1 aliphatic rings. The van der Waals surface area contributed by atoms with Crippen LogP contribution in [0.5, 0.6) is 0 Å². The van der Waals surface area contributed by atoms with Gasteiger partial charge in [-0.15, -0.1) is 11.8 Å². The molecule has 1 aromatic carbocycles. The lowest BCUT2D eigenvalue weighted by molar-refractivity contribution is -0.132. The summed E-state index contributed by atoms with van der Waals surface area (Å²) in [6.07, 6.45) is 1.56. The molecule has 1 fully saturated rings. The van der Waals surface area contributed by atoms with Crippen LogP contribution in [0.3, 0.4) is 0 Å². The van der Waals surface area contributed by atoms with Gasteiger partial charge in [-0.1, -0.05) is 0 Å². The van der Waals surface area contributed by atoms with Crippen LogP contribution >= 0.6 is 11.8 Å². The SMILES string of the molecule is CC(=O)Nc1ccc(SC(C)C(=O)N2CCCC(C(C)O)C2)cc1. The maximum absolute atomic E-state index is 12.6. The largest absolute Gasteiger partial charge is 0.393 e. The van der Waals surface area contributed by atoms with Gasteiger partial charge in [0, 0.05) is 36.5 Å². The van der Waals surface area contributed by atoms with Crippen molar-refractivity contribution in [3.63, 3.8) is 0 Å². The first-order valence-corrected chi connectivity index (χ1v) is 9.26. The highest BCUT2D eigenvalue weighted by molar-refractivity contribution is 8.00. The number of thioether (sulfide) groups is 1. The summed E-state index contributed by atoms with van der Waals surface area (Å²) in [4.78, 5) is 26.6. The lowest BCUT2D eigenvalue weighted by Gasteiger charge is -2.35. The molecule has 2 N–H and O–H groups in total. The summed E-state index contributed by atoms with van der Waals surface area (Å²) in [5.74, 6) is 0.199. The van der Waals surface area contributed by atoms with Gasteiger partial charge < -0.3 is 15.3 Å². The Hall–Kier alpha value is -1.53. The van der Waals surface area contributed by atoms with Gasteiger partial charge in [-0.05, 0) is 51.0 Å². The smallest absolute Gasteiger partial charge is 0.235 e. The van der Waals surface area contributed by atoms with Gasteiger partial charge in [0.25, 0.3) is 0 Å². The number of rotatable bonds is 5. The summed E-state index contributed by atoms with van der Waals surface area (Å²) >= 11 is 1.52. The van der Waals surface area contributed by atoms with Crippen LogP contribution in [0.4, 0.5) is 5.69 Å². The number of carbonyl (C=O) groups excluding carboxylic acids is 2. The minimum absolute atomic E-state index is 0.100. The number of likely N-dealkylation sites (tertiary alicyclic amines) is 1. The summed E-state index contributed by atoms with van der Waals surface area (Å²) in [7, 11) is 0. The standard InChI is InChI=1S/C18H26N2O3S/c1-12(21)15-5-4-10-20(11-15)18(23)13(2)24-17-8-6-16(7-9-17)19-14(3)22/h6-9,12-13,15,21H,4-5,10-11H2,1-3H3,(H,19,22). The third kappa shape index (κ3) is 5.24. The van der Waals surface area contributed by atoms with Crippen molar-refractivity contribution >= 4 is 29.3 Å². The molecular weight excluding hydrogens is 324 g/mol. The van der Waals surface area contributed by atoms with E-state index < -0.39 is 0 Å². The molecule has 0 spiro atoms. The average Bonchev–Trinajstić information content (AvgIpc) is 2.55. The lowest BCUT2D eigenvalue weighted by Crippen LogP contribution is -2.45. The number of nitrogens with one attached hydrogen (secondary N) is 1. The Morgan fingerprint density at radius 1 is 1.29 bits per heavy atom. The first-order valence-electron chi connectivity index (χ1n) is 8.38. The second-order valence-electron chi connectivity index (χ2n) is 6.39. The predicted octanol–water partition coefficient (Wildman–Crippen LogP) is 2.75. The van der Waals surface area contributed by atoms with Gasteiger partial charge in [-0.2, -0.15) is 0 Å². The number of hydrogen-bond acceptors (Lipinski definition) is 4. The van der Waals surface area contributed by atoms with E-state index in [1.165, 1.54) is 18.7 Å². The van der Waals surface area contributed by atoms with Gasteiger partial charge in [0.05, 0.1) is 11.4 Å². The fourth-order valence-electron chi connectivity index (χ4n) is 2.94. The van der Waals surface area contributed by atoms with E-state index in [1.807, 2.05) is 36.1 Å². The summed E-state index contributed by atoms with van der Waals surface area (Å²) in [6, 6.07) is 7.50. The first-order chi connectivity index (χ1) is 11.4. The van der Waals surface area contributed by atoms with E-state index in [0.717, 1.165) is 30.0 Å². The van der Waals surface area contributed by atoms with Crippen LogP contribution in [-0.4, -0.2) is 46.3 Å². The van der Waals surface area contributed by atoms with Crippen LogP contribution in [0.25, 0.3) is 0 Å². The second-order valence-corrected chi connectivity index (χ2v) is 7.81. The molecule has 0 saturated carbocycles. The highest BCUT2D eigenvalue weighted by Gasteiger charge is 2.29. The molecule has 3 unspecified atom stereocenters. The quantitative estimate of drug-likeness (QED) is 0.801. The van der Waals surface area contributed by atoms with Gasteiger partial charge >= 0.3 is 0 Å². The van der Waals surface area contributed by atoms with Crippen LogP contribution in [0.1, 0.15) is 33.6 Å². The van der Waals surface area contributed by atoms with Crippen molar-refractivity contribution in [1.82, 2.24) is 4.90 Å². The normalized spacial score (nSPS) is 20.3. The highest BCUT2D eigenvalue weighted by Crippen LogP contribution is 2.28. The van der Waals surface area contributed by atoms with Crippen molar-refractivity contribution in [2.45, 2.75) is 49.9 Å². The van der Waals surface area contributed by atoms with E-state index in [1.54, 1.807) is 6.92 Å². The molecule has 5 nitrogen and oxygen atoms in total. The monoisotopic (exact) mass is 350 g/mol. The zero-order chi connectivity index (χ0) is 17.7. The van der Waals surface area contributed by atoms with Crippen molar-refractivity contribution in [3.05, 3.63) is 24.3 Å². The van der Waals surface area contributed by atoms with Crippen LogP contribution in [0, 0.1) is 5.92 Å². The van der Waals surface area contributed by atoms with Gasteiger partial charge in [0.15, 0.2) is 0 Å². The number of carbonyl (C=O) groups is 2. The average molecular weight is 350 g/mol. The zero-order valence-corrected chi connectivity index (χ0v) is 15.3. The van der Waals surface area contributed by atoms with E-state index in [9.17, 15) is 14.7 Å². The highest BCUT2D eigenvalue weighted by atomic mass is 32.2. The number of nitrogens with zero attached hydrogens (tertiary/aromatic N) is 1. The Kier molecular flexibility index (Phi) is 6.69. The van der Waals surface area contributed by atoms with Crippen molar-refractivity contribution in [3.8, 4) is 0 Å². The molecule has 6 heteroatoms. The number of anilines is 1. The molecule has 1 aromatic rings. The van der Waals surface area contributed by atoms with Crippen molar-refractivity contribution in [1.29, 1.82) is 0 Å². The number of aliphatic hydroxyl groups is 1. The van der Waals surface area contributed by atoms with Crippen molar-refractivity contribution < 1.29 is 14.7 Å².